The number of nitrogens with two attached hydrogens (primary N) is 1. The second kappa shape index (κ2) is 3.62. The van der Waals surface area contributed by atoms with E-state index in [4.69, 9.17) is 5.73 Å². The standard InChI is InChI=1S/C15H12N4/c16-12-9-14-13(18-15-6-7-17-19(14)15)8-11(12)10-4-2-1-3-5-10/h1-9,17H,16H2. The molecular weight excluding hydrogens is 236 g/mol. The number of nitrogens with one attached hydrogen (secondary N) is 1. The third kappa shape index (κ3) is 1.43. The number of aromatic amines is 1. The SMILES string of the molecule is Nc1cc2c(cc1-c1ccccc1)nc1cc[nH]n12. The minimum atomic E-state index is 0.759. The first kappa shape index (κ1) is 10.2. The van der Waals surface area contributed by atoms with Gasteiger partial charge in [0.05, 0.1) is 11.0 Å². The van der Waals surface area contributed by atoms with Crippen LogP contribution < -0.4 is 5.73 Å². The van der Waals surface area contributed by atoms with Crippen LogP contribution in [0.1, 0.15) is 0 Å². The van der Waals surface area contributed by atoms with Gasteiger partial charge in [-0.3, -0.25) is 5.10 Å². The van der Waals surface area contributed by atoms with Crippen LogP contribution in [0.15, 0.2) is 54.7 Å². The summed E-state index contributed by atoms with van der Waals surface area (Å²) in [5, 5.41) is 3.13. The maximum Gasteiger partial charge on any atom is 0.154 e. The number of benzene rings is 2. The molecule has 0 radical (unpaired) electrons. The van der Waals surface area contributed by atoms with Crippen LogP contribution in [0.2, 0.25) is 0 Å². The lowest BCUT2D eigenvalue weighted by atomic mass is 10.0. The summed E-state index contributed by atoms with van der Waals surface area (Å²) in [5.74, 6) is 0. The minimum Gasteiger partial charge on any atom is -0.398 e. The number of rotatable bonds is 1. The van der Waals surface area contributed by atoms with Crippen LogP contribution in [-0.4, -0.2) is 14.6 Å². The molecule has 3 N–H and O–H groups in total. The van der Waals surface area contributed by atoms with Crippen LogP contribution in [0.4, 0.5) is 5.69 Å². The van der Waals surface area contributed by atoms with Gasteiger partial charge in [-0.1, -0.05) is 30.3 Å². The number of H-pyrrole nitrogens is 1. The maximum absolute atomic E-state index is 6.18. The van der Waals surface area contributed by atoms with Crippen molar-refractivity contribution in [1.82, 2.24) is 14.6 Å². The second-order valence-electron chi connectivity index (χ2n) is 4.56. The van der Waals surface area contributed by atoms with Gasteiger partial charge in [0.1, 0.15) is 0 Å². The summed E-state index contributed by atoms with van der Waals surface area (Å²) in [4.78, 5) is 4.58. The van der Waals surface area contributed by atoms with Crippen molar-refractivity contribution in [2.24, 2.45) is 0 Å². The average Bonchev–Trinajstić information content (AvgIpc) is 3.00. The molecule has 0 fully saturated rings. The molecule has 0 saturated heterocycles. The molecule has 19 heavy (non-hydrogen) atoms. The van der Waals surface area contributed by atoms with Gasteiger partial charge >= 0.3 is 0 Å². The normalized spacial score (nSPS) is 11.4. The van der Waals surface area contributed by atoms with E-state index in [9.17, 15) is 0 Å². The predicted octanol–water partition coefficient (Wildman–Crippen LogP) is 3.06. The number of imidazole rings is 1. The van der Waals surface area contributed by atoms with Gasteiger partial charge in [0.2, 0.25) is 0 Å². The summed E-state index contributed by atoms with van der Waals surface area (Å²) in [7, 11) is 0. The maximum atomic E-state index is 6.18. The average molecular weight is 248 g/mol. The molecule has 0 aliphatic rings. The summed E-state index contributed by atoms with van der Waals surface area (Å²) in [6.45, 7) is 0. The summed E-state index contributed by atoms with van der Waals surface area (Å²) in [6, 6.07) is 16.1. The van der Waals surface area contributed by atoms with Crippen LogP contribution in [0.25, 0.3) is 27.8 Å². The number of nitrogen functional groups attached to an aromatic ring is 1. The Morgan fingerprint density at radius 2 is 1.89 bits per heavy atom. The molecule has 92 valence electrons. The number of aromatic nitrogens is 3. The van der Waals surface area contributed by atoms with Crippen LogP contribution in [0, 0.1) is 0 Å². The van der Waals surface area contributed by atoms with Crippen LogP contribution in [0.5, 0.6) is 0 Å². The topological polar surface area (TPSA) is 59.1 Å². The fraction of sp³-hybridized carbons (Fsp3) is 0. The zero-order valence-corrected chi connectivity index (χ0v) is 10.2. The fourth-order valence-electron chi connectivity index (χ4n) is 2.46. The van der Waals surface area contributed by atoms with E-state index < -0.39 is 0 Å². The number of fused-ring (bicyclic) bond motifs is 3. The van der Waals surface area contributed by atoms with Crippen molar-refractivity contribution >= 4 is 22.4 Å². The minimum absolute atomic E-state index is 0.759. The highest BCUT2D eigenvalue weighted by Crippen LogP contribution is 2.30. The molecule has 4 heteroatoms. The number of anilines is 1. The third-order valence-corrected chi connectivity index (χ3v) is 3.37. The first-order valence-corrected chi connectivity index (χ1v) is 6.13. The summed E-state index contributed by atoms with van der Waals surface area (Å²) < 4.78 is 1.93. The Kier molecular flexibility index (Phi) is 1.94. The van der Waals surface area contributed by atoms with Crippen molar-refractivity contribution in [3.05, 3.63) is 54.7 Å². The van der Waals surface area contributed by atoms with Crippen molar-refractivity contribution in [2.45, 2.75) is 0 Å². The lowest BCUT2D eigenvalue weighted by Crippen LogP contribution is -1.91. The number of hydrogen-bond donors (Lipinski definition) is 2. The van der Waals surface area contributed by atoms with Gasteiger partial charge in [-0.05, 0) is 17.7 Å². The molecule has 0 amide bonds. The summed E-state index contributed by atoms with van der Waals surface area (Å²) in [5.41, 5.74) is 11.9. The van der Waals surface area contributed by atoms with Crippen LogP contribution >= 0.6 is 0 Å². The molecule has 0 aliphatic carbocycles. The van der Waals surface area contributed by atoms with Gasteiger partial charge in [0.15, 0.2) is 5.65 Å². The Labute approximate surface area is 109 Å². The molecule has 0 spiro atoms. The third-order valence-electron chi connectivity index (χ3n) is 3.37. The lowest BCUT2D eigenvalue weighted by molar-refractivity contribution is 1.01. The van der Waals surface area contributed by atoms with Crippen molar-refractivity contribution in [3.63, 3.8) is 0 Å². The highest BCUT2D eigenvalue weighted by molar-refractivity contribution is 5.91. The van der Waals surface area contributed by atoms with Gasteiger partial charge < -0.3 is 5.73 Å². The van der Waals surface area contributed by atoms with Crippen LogP contribution in [-0.2, 0) is 0 Å². The Morgan fingerprint density at radius 3 is 2.74 bits per heavy atom. The van der Waals surface area contributed by atoms with E-state index in [0.717, 1.165) is 33.5 Å². The van der Waals surface area contributed by atoms with Gasteiger partial charge in [-0.25, -0.2) is 9.50 Å². The van der Waals surface area contributed by atoms with E-state index >= 15 is 0 Å². The monoisotopic (exact) mass is 248 g/mol. The van der Waals surface area contributed by atoms with E-state index in [1.54, 1.807) is 0 Å². The largest absolute Gasteiger partial charge is 0.398 e. The molecule has 4 aromatic rings. The Hall–Kier alpha value is -2.75. The highest BCUT2D eigenvalue weighted by atomic mass is 15.3. The van der Waals surface area contributed by atoms with Crippen LogP contribution in [0.3, 0.4) is 0 Å². The summed E-state index contributed by atoms with van der Waals surface area (Å²) in [6.07, 6.45) is 1.86. The predicted molar refractivity (Wildman–Crippen MR) is 76.9 cm³/mol. The smallest absolute Gasteiger partial charge is 0.154 e. The molecule has 2 heterocycles. The molecule has 0 aliphatic heterocycles. The lowest BCUT2D eigenvalue weighted by Gasteiger charge is -2.05. The molecule has 4 nitrogen and oxygen atoms in total. The van der Waals surface area contributed by atoms with E-state index in [1.807, 2.05) is 47.1 Å². The quantitative estimate of drug-likeness (QED) is 0.508. The molecule has 0 bridgehead atoms. The van der Waals surface area contributed by atoms with Crippen molar-refractivity contribution in [1.29, 1.82) is 0 Å². The van der Waals surface area contributed by atoms with Crippen molar-refractivity contribution < 1.29 is 0 Å². The zero-order valence-electron chi connectivity index (χ0n) is 10.2. The van der Waals surface area contributed by atoms with Gasteiger partial charge in [0, 0.05) is 23.5 Å². The van der Waals surface area contributed by atoms with Gasteiger partial charge in [-0.15, -0.1) is 0 Å². The Bertz CT molecular complexity index is 871. The van der Waals surface area contributed by atoms with E-state index in [2.05, 4.69) is 22.2 Å². The van der Waals surface area contributed by atoms with Crippen molar-refractivity contribution in [2.75, 3.05) is 5.73 Å². The van der Waals surface area contributed by atoms with E-state index in [-0.39, 0.29) is 0 Å². The first-order valence-electron chi connectivity index (χ1n) is 6.13. The van der Waals surface area contributed by atoms with Gasteiger partial charge in [0.25, 0.3) is 0 Å². The second-order valence-corrected chi connectivity index (χ2v) is 4.56. The molecule has 4 rings (SSSR count). The fourth-order valence-corrected chi connectivity index (χ4v) is 2.46. The zero-order chi connectivity index (χ0) is 12.8. The van der Waals surface area contributed by atoms with Gasteiger partial charge in [-0.2, -0.15) is 0 Å². The molecule has 0 saturated carbocycles. The highest BCUT2D eigenvalue weighted by Gasteiger charge is 2.10. The van der Waals surface area contributed by atoms with E-state index in [0.29, 0.717) is 0 Å². The Morgan fingerprint density at radius 1 is 1.05 bits per heavy atom. The molecule has 0 atom stereocenters. The summed E-state index contributed by atoms with van der Waals surface area (Å²) >= 11 is 0. The number of hydrogen-bond acceptors (Lipinski definition) is 2. The molecule has 2 aromatic carbocycles. The molecule has 2 aromatic heterocycles. The van der Waals surface area contributed by atoms with E-state index in [1.165, 1.54) is 0 Å². The Balaban J connectivity index is 2.05. The first-order chi connectivity index (χ1) is 9.33. The molecular formula is C15H12N4. The number of nitrogens with zero attached hydrogens (tertiary/aromatic N) is 2. The molecule has 0 unspecified atom stereocenters. The van der Waals surface area contributed by atoms with Crippen molar-refractivity contribution in [3.8, 4) is 11.1 Å².